The van der Waals surface area contributed by atoms with Gasteiger partial charge in [-0.05, 0) is 37.6 Å². The molecule has 2 aromatic rings. The number of aromatic amines is 1. The summed E-state index contributed by atoms with van der Waals surface area (Å²) in [5, 5.41) is 10.9. The van der Waals surface area contributed by atoms with E-state index in [1.807, 2.05) is 12.1 Å². The first-order valence-electron chi connectivity index (χ1n) is 6.09. The highest BCUT2D eigenvalue weighted by Gasteiger charge is 2.04. The largest absolute Gasteiger partial charge is 0.310 e. The molecule has 0 saturated heterocycles. The number of hydrogen-bond donors (Lipinski definition) is 2. The summed E-state index contributed by atoms with van der Waals surface area (Å²) in [5.74, 6) is 0.941. The fraction of sp³-hybridized carbons (Fsp3) is 0.385. The fourth-order valence-corrected chi connectivity index (χ4v) is 1.92. The summed E-state index contributed by atoms with van der Waals surface area (Å²) < 4.78 is 0. The lowest BCUT2D eigenvalue weighted by Gasteiger charge is -2.13. The Morgan fingerprint density at radius 3 is 2.78 bits per heavy atom. The molecule has 18 heavy (non-hydrogen) atoms. The first kappa shape index (κ1) is 13.1. The first-order chi connectivity index (χ1) is 8.75. The van der Waals surface area contributed by atoms with Gasteiger partial charge in [-0.1, -0.05) is 23.7 Å². The molecule has 1 heterocycles. The van der Waals surface area contributed by atoms with E-state index in [2.05, 4.69) is 39.6 Å². The van der Waals surface area contributed by atoms with Gasteiger partial charge in [-0.3, -0.25) is 5.10 Å². The van der Waals surface area contributed by atoms with Crippen LogP contribution in [0.15, 0.2) is 30.6 Å². The molecule has 0 saturated carbocycles. The molecule has 1 unspecified atom stereocenters. The predicted octanol–water partition coefficient (Wildman–Crippen LogP) is 2.74. The third-order valence-electron chi connectivity index (χ3n) is 2.88. The topological polar surface area (TPSA) is 53.6 Å². The highest BCUT2D eigenvalue weighted by Crippen LogP contribution is 2.15. The molecule has 0 aliphatic heterocycles. The van der Waals surface area contributed by atoms with Crippen LogP contribution in [0.25, 0.3) is 0 Å². The Kier molecular flexibility index (Phi) is 4.73. The Morgan fingerprint density at radius 2 is 2.11 bits per heavy atom. The summed E-state index contributed by atoms with van der Waals surface area (Å²) in [7, 11) is 0. The van der Waals surface area contributed by atoms with Crippen LogP contribution >= 0.6 is 11.6 Å². The SMILES string of the molecule is CC(NCCCc1ncn[nH]1)c1ccc(Cl)cc1. The summed E-state index contributed by atoms with van der Waals surface area (Å²) in [4.78, 5) is 4.09. The van der Waals surface area contributed by atoms with E-state index >= 15 is 0 Å². The van der Waals surface area contributed by atoms with E-state index in [9.17, 15) is 0 Å². The van der Waals surface area contributed by atoms with Crippen molar-refractivity contribution in [1.29, 1.82) is 0 Å². The number of rotatable bonds is 6. The first-order valence-corrected chi connectivity index (χ1v) is 6.46. The van der Waals surface area contributed by atoms with Crippen LogP contribution in [0.4, 0.5) is 0 Å². The van der Waals surface area contributed by atoms with Gasteiger partial charge in [-0.15, -0.1) is 0 Å². The highest BCUT2D eigenvalue weighted by molar-refractivity contribution is 6.30. The molecule has 0 radical (unpaired) electrons. The van der Waals surface area contributed by atoms with Crippen molar-refractivity contribution in [2.24, 2.45) is 0 Å². The van der Waals surface area contributed by atoms with Crippen LogP contribution in [-0.4, -0.2) is 21.7 Å². The van der Waals surface area contributed by atoms with Gasteiger partial charge in [-0.2, -0.15) is 5.10 Å². The van der Waals surface area contributed by atoms with Crippen LogP contribution in [0, 0.1) is 0 Å². The van der Waals surface area contributed by atoms with Crippen molar-refractivity contribution in [1.82, 2.24) is 20.5 Å². The van der Waals surface area contributed by atoms with Gasteiger partial charge in [0.1, 0.15) is 12.2 Å². The molecule has 0 spiro atoms. The van der Waals surface area contributed by atoms with Crippen molar-refractivity contribution >= 4 is 11.6 Å². The maximum Gasteiger partial charge on any atom is 0.137 e. The Labute approximate surface area is 112 Å². The second-order valence-electron chi connectivity index (χ2n) is 4.26. The molecule has 0 amide bonds. The molecule has 5 heteroatoms. The Balaban J connectivity index is 1.71. The van der Waals surface area contributed by atoms with Crippen molar-refractivity contribution in [2.75, 3.05) is 6.54 Å². The average molecular weight is 265 g/mol. The van der Waals surface area contributed by atoms with Crippen molar-refractivity contribution in [2.45, 2.75) is 25.8 Å². The second-order valence-corrected chi connectivity index (χ2v) is 4.70. The molecular formula is C13H17ClN4. The van der Waals surface area contributed by atoms with Gasteiger partial charge in [-0.25, -0.2) is 4.98 Å². The molecule has 0 aliphatic carbocycles. The van der Waals surface area contributed by atoms with Crippen molar-refractivity contribution < 1.29 is 0 Å². The molecule has 0 bridgehead atoms. The molecular weight excluding hydrogens is 248 g/mol. The van der Waals surface area contributed by atoms with E-state index < -0.39 is 0 Å². The standard InChI is InChI=1S/C13H17ClN4/c1-10(11-4-6-12(14)7-5-11)15-8-2-3-13-16-9-17-18-13/h4-7,9-10,15H,2-3,8H2,1H3,(H,16,17,18). The van der Waals surface area contributed by atoms with E-state index in [1.165, 1.54) is 5.56 Å². The van der Waals surface area contributed by atoms with Gasteiger partial charge in [0.05, 0.1) is 0 Å². The van der Waals surface area contributed by atoms with Crippen molar-refractivity contribution in [3.05, 3.63) is 47.0 Å². The smallest absolute Gasteiger partial charge is 0.137 e. The zero-order valence-corrected chi connectivity index (χ0v) is 11.1. The lowest BCUT2D eigenvalue weighted by molar-refractivity contribution is 0.554. The molecule has 1 atom stereocenters. The summed E-state index contributed by atoms with van der Waals surface area (Å²) in [5.41, 5.74) is 1.25. The van der Waals surface area contributed by atoms with E-state index in [4.69, 9.17) is 11.6 Å². The Hall–Kier alpha value is -1.39. The number of nitrogens with one attached hydrogen (secondary N) is 2. The van der Waals surface area contributed by atoms with E-state index in [1.54, 1.807) is 6.33 Å². The average Bonchev–Trinajstić information content (AvgIpc) is 2.88. The predicted molar refractivity (Wildman–Crippen MR) is 72.6 cm³/mol. The van der Waals surface area contributed by atoms with Gasteiger partial charge in [0, 0.05) is 17.5 Å². The number of halogens is 1. The number of nitrogens with zero attached hydrogens (tertiary/aromatic N) is 2. The lowest BCUT2D eigenvalue weighted by atomic mass is 10.1. The molecule has 4 nitrogen and oxygen atoms in total. The van der Waals surface area contributed by atoms with E-state index in [-0.39, 0.29) is 0 Å². The molecule has 2 rings (SSSR count). The summed E-state index contributed by atoms with van der Waals surface area (Å²) in [6.45, 7) is 3.10. The normalized spacial score (nSPS) is 12.6. The molecule has 1 aromatic carbocycles. The van der Waals surface area contributed by atoms with Gasteiger partial charge in [0.2, 0.25) is 0 Å². The molecule has 0 aliphatic rings. The lowest BCUT2D eigenvalue weighted by Crippen LogP contribution is -2.20. The maximum absolute atomic E-state index is 5.86. The third kappa shape index (κ3) is 3.82. The highest BCUT2D eigenvalue weighted by atomic mass is 35.5. The third-order valence-corrected chi connectivity index (χ3v) is 3.13. The second kappa shape index (κ2) is 6.52. The van der Waals surface area contributed by atoms with Crippen LogP contribution in [0.1, 0.15) is 30.8 Å². The van der Waals surface area contributed by atoms with Crippen LogP contribution < -0.4 is 5.32 Å². The monoisotopic (exact) mass is 264 g/mol. The van der Waals surface area contributed by atoms with Gasteiger partial charge in [0.25, 0.3) is 0 Å². The number of benzene rings is 1. The Morgan fingerprint density at radius 1 is 1.33 bits per heavy atom. The fourth-order valence-electron chi connectivity index (χ4n) is 1.79. The molecule has 1 aromatic heterocycles. The van der Waals surface area contributed by atoms with Crippen LogP contribution in [0.2, 0.25) is 5.02 Å². The minimum absolute atomic E-state index is 0.331. The maximum atomic E-state index is 5.86. The molecule has 0 fully saturated rings. The number of aromatic nitrogens is 3. The zero-order chi connectivity index (χ0) is 12.8. The minimum atomic E-state index is 0.331. The number of H-pyrrole nitrogens is 1. The van der Waals surface area contributed by atoms with Crippen LogP contribution in [0.5, 0.6) is 0 Å². The molecule has 96 valence electrons. The minimum Gasteiger partial charge on any atom is -0.310 e. The number of hydrogen-bond acceptors (Lipinski definition) is 3. The zero-order valence-electron chi connectivity index (χ0n) is 10.4. The van der Waals surface area contributed by atoms with Gasteiger partial charge >= 0.3 is 0 Å². The van der Waals surface area contributed by atoms with E-state index in [0.29, 0.717) is 6.04 Å². The van der Waals surface area contributed by atoms with Gasteiger partial charge in [0.15, 0.2) is 0 Å². The molecule has 2 N–H and O–H groups in total. The van der Waals surface area contributed by atoms with Crippen LogP contribution in [-0.2, 0) is 6.42 Å². The van der Waals surface area contributed by atoms with Crippen molar-refractivity contribution in [3.8, 4) is 0 Å². The van der Waals surface area contributed by atoms with Gasteiger partial charge < -0.3 is 5.32 Å². The summed E-state index contributed by atoms with van der Waals surface area (Å²) in [6, 6.07) is 8.28. The quantitative estimate of drug-likeness (QED) is 0.789. The summed E-state index contributed by atoms with van der Waals surface area (Å²) >= 11 is 5.86. The number of aryl methyl sites for hydroxylation is 1. The van der Waals surface area contributed by atoms with Crippen LogP contribution in [0.3, 0.4) is 0 Å². The Bertz CT molecular complexity index is 452. The van der Waals surface area contributed by atoms with E-state index in [0.717, 1.165) is 30.2 Å². The summed E-state index contributed by atoms with van der Waals surface area (Å²) in [6.07, 6.45) is 3.49. The van der Waals surface area contributed by atoms with Crippen molar-refractivity contribution in [3.63, 3.8) is 0 Å².